The summed E-state index contributed by atoms with van der Waals surface area (Å²) in [5.74, 6) is -1.54. The lowest BCUT2D eigenvalue weighted by Crippen LogP contribution is -2.55. The van der Waals surface area contributed by atoms with Crippen LogP contribution in [-0.4, -0.2) is 62.0 Å². The molecule has 44 heavy (non-hydrogen) atoms. The van der Waals surface area contributed by atoms with Crippen molar-refractivity contribution < 1.29 is 19.1 Å². The van der Waals surface area contributed by atoms with Crippen molar-refractivity contribution in [2.75, 3.05) is 29.9 Å². The number of aryl methyl sites for hydroxylation is 1. The van der Waals surface area contributed by atoms with Gasteiger partial charge in [-0.05, 0) is 55.7 Å². The lowest BCUT2D eigenvalue weighted by atomic mass is 10.0. The summed E-state index contributed by atoms with van der Waals surface area (Å²) < 4.78 is 16.6. The van der Waals surface area contributed by atoms with Crippen LogP contribution in [0, 0.1) is 12.7 Å². The first-order valence-electron chi connectivity index (χ1n) is 14.4. The van der Waals surface area contributed by atoms with Crippen LogP contribution in [0.5, 0.6) is 5.75 Å². The zero-order valence-electron chi connectivity index (χ0n) is 23.8. The van der Waals surface area contributed by atoms with Gasteiger partial charge in [0.25, 0.3) is 5.56 Å². The number of nitrogens with one attached hydrogen (secondary N) is 1. The number of phenols is 1. The number of aromatic nitrogens is 3. The van der Waals surface area contributed by atoms with Gasteiger partial charge in [-0.3, -0.25) is 23.9 Å². The fourth-order valence-corrected chi connectivity index (χ4v) is 6.63. The Morgan fingerprint density at radius 3 is 2.73 bits per heavy atom. The Kier molecular flexibility index (Phi) is 6.65. The average Bonchev–Trinajstić information content (AvgIpc) is 3.85. The summed E-state index contributed by atoms with van der Waals surface area (Å²) in [5.41, 5.74) is 1.96. The molecule has 1 saturated carbocycles. The van der Waals surface area contributed by atoms with E-state index >= 15 is 4.39 Å². The van der Waals surface area contributed by atoms with E-state index in [1.54, 1.807) is 23.2 Å². The molecule has 1 aromatic carbocycles. The molecule has 1 saturated heterocycles. The summed E-state index contributed by atoms with van der Waals surface area (Å²) in [7, 11) is 0. The maximum Gasteiger partial charge on any atom is 0.282 e. The van der Waals surface area contributed by atoms with Gasteiger partial charge in [0.15, 0.2) is 5.65 Å². The van der Waals surface area contributed by atoms with E-state index in [0.29, 0.717) is 29.9 Å². The SMILES string of the molecule is C=CC(=O)N1CCN2c3c(c(=O)n(-c4c(C)ccnc4C4CC4)c4nc(-c5c(O)cccc5F)c(Cl)cc34)NC(=O)C[C@H]2C1. The lowest BCUT2D eigenvalue weighted by Gasteiger charge is -2.42. The number of carbonyl (C=O) groups excluding carboxylic acids is 2. The molecule has 224 valence electrons. The van der Waals surface area contributed by atoms with Gasteiger partial charge < -0.3 is 20.2 Å². The van der Waals surface area contributed by atoms with Crippen LogP contribution in [0.15, 0.2) is 54.0 Å². The fraction of sp³-hybridized carbons (Fsp3) is 0.281. The van der Waals surface area contributed by atoms with E-state index in [2.05, 4.69) is 16.9 Å². The summed E-state index contributed by atoms with van der Waals surface area (Å²) in [4.78, 5) is 53.4. The molecule has 0 bridgehead atoms. The van der Waals surface area contributed by atoms with E-state index in [1.807, 2.05) is 11.8 Å². The molecule has 2 aliphatic heterocycles. The topological polar surface area (TPSA) is 121 Å². The molecule has 4 aromatic rings. The van der Waals surface area contributed by atoms with Gasteiger partial charge in [-0.1, -0.05) is 24.2 Å². The number of phenolic OH excluding ortho intramolecular Hbond substituents is 1. The van der Waals surface area contributed by atoms with Gasteiger partial charge in [0.05, 0.1) is 39.4 Å². The van der Waals surface area contributed by atoms with Gasteiger partial charge in [-0.15, -0.1) is 0 Å². The Balaban J connectivity index is 1.57. The van der Waals surface area contributed by atoms with Crippen LogP contribution < -0.4 is 15.8 Å². The maximum atomic E-state index is 15.2. The van der Waals surface area contributed by atoms with Gasteiger partial charge in [-0.25, -0.2) is 9.37 Å². The van der Waals surface area contributed by atoms with Gasteiger partial charge in [0.2, 0.25) is 11.8 Å². The molecule has 1 atom stereocenters. The largest absolute Gasteiger partial charge is 0.507 e. The molecule has 10 nitrogen and oxygen atoms in total. The minimum absolute atomic E-state index is 0.0343. The maximum absolute atomic E-state index is 15.2. The molecular weight excluding hydrogens is 587 g/mol. The zero-order valence-corrected chi connectivity index (χ0v) is 24.6. The zero-order chi connectivity index (χ0) is 30.9. The second-order valence-corrected chi connectivity index (χ2v) is 11.8. The van der Waals surface area contributed by atoms with Crippen molar-refractivity contribution in [1.29, 1.82) is 0 Å². The number of fused-ring (bicyclic) bond motifs is 5. The average molecular weight is 615 g/mol. The van der Waals surface area contributed by atoms with Gasteiger partial charge in [-0.2, -0.15) is 0 Å². The Morgan fingerprint density at radius 1 is 1.20 bits per heavy atom. The Labute approximate surface area is 256 Å². The van der Waals surface area contributed by atoms with Crippen LogP contribution in [0.2, 0.25) is 5.02 Å². The molecule has 2 fully saturated rings. The number of halogens is 2. The summed E-state index contributed by atoms with van der Waals surface area (Å²) in [5, 5.41) is 14.0. The standard InChI is InChI=1S/C32H28ClFN6O4/c1-3-24(43)38-11-12-39-18(15-38)13-23(42)36-28-30(39)19-14-20(33)27(25-21(34)5-4-6-22(25)41)37-31(19)40(32(28)44)29-16(2)9-10-35-26(29)17-7-8-17/h3-6,9-10,14,17-18,41H,1,7-8,11-13,15H2,2H3,(H,36,42)/t18-/m0/s1. The Bertz CT molecular complexity index is 1950. The highest BCUT2D eigenvalue weighted by Crippen LogP contribution is 2.45. The minimum atomic E-state index is -0.728. The smallest absolute Gasteiger partial charge is 0.282 e. The van der Waals surface area contributed by atoms with E-state index < -0.39 is 17.4 Å². The molecule has 1 aliphatic carbocycles. The normalized spacial score (nSPS) is 18.0. The predicted molar refractivity (Wildman–Crippen MR) is 165 cm³/mol. The van der Waals surface area contributed by atoms with Crippen LogP contribution in [0.25, 0.3) is 28.0 Å². The van der Waals surface area contributed by atoms with Crippen LogP contribution in [0.4, 0.5) is 15.8 Å². The van der Waals surface area contributed by atoms with Crippen molar-refractivity contribution in [3.8, 4) is 22.7 Å². The number of benzene rings is 1. The molecule has 2 N–H and O–H groups in total. The van der Waals surface area contributed by atoms with Gasteiger partial charge >= 0.3 is 0 Å². The molecule has 7 rings (SSSR count). The van der Waals surface area contributed by atoms with Crippen molar-refractivity contribution in [3.63, 3.8) is 0 Å². The highest BCUT2D eigenvalue weighted by atomic mass is 35.5. The minimum Gasteiger partial charge on any atom is -0.507 e. The third-order valence-electron chi connectivity index (χ3n) is 8.59. The predicted octanol–water partition coefficient (Wildman–Crippen LogP) is 4.68. The highest BCUT2D eigenvalue weighted by molar-refractivity contribution is 6.34. The third kappa shape index (κ3) is 4.41. The molecule has 0 radical (unpaired) electrons. The number of aromatic hydroxyl groups is 1. The molecule has 0 spiro atoms. The van der Waals surface area contributed by atoms with E-state index in [1.165, 1.54) is 28.8 Å². The quantitative estimate of drug-likeness (QED) is 0.320. The summed E-state index contributed by atoms with van der Waals surface area (Å²) >= 11 is 6.80. The van der Waals surface area contributed by atoms with Crippen LogP contribution >= 0.6 is 11.6 Å². The second-order valence-electron chi connectivity index (χ2n) is 11.4. The van der Waals surface area contributed by atoms with E-state index in [-0.39, 0.29) is 64.1 Å². The number of hydrogen-bond acceptors (Lipinski definition) is 7. The number of hydrogen-bond donors (Lipinski definition) is 2. The Hall–Kier alpha value is -4.77. The molecule has 12 heteroatoms. The fourth-order valence-electron chi connectivity index (χ4n) is 6.38. The monoisotopic (exact) mass is 614 g/mol. The summed E-state index contributed by atoms with van der Waals surface area (Å²) in [6.07, 6.45) is 4.82. The number of carbonyl (C=O) groups is 2. The van der Waals surface area contributed by atoms with E-state index in [9.17, 15) is 19.5 Å². The van der Waals surface area contributed by atoms with Crippen molar-refractivity contribution >= 4 is 45.8 Å². The van der Waals surface area contributed by atoms with Crippen molar-refractivity contribution in [2.24, 2.45) is 0 Å². The van der Waals surface area contributed by atoms with Crippen molar-refractivity contribution in [2.45, 2.75) is 38.1 Å². The summed E-state index contributed by atoms with van der Waals surface area (Å²) in [6, 6.07) is 6.86. The third-order valence-corrected chi connectivity index (χ3v) is 8.88. The van der Waals surface area contributed by atoms with E-state index in [4.69, 9.17) is 16.6 Å². The van der Waals surface area contributed by atoms with Crippen LogP contribution in [0.1, 0.15) is 36.4 Å². The molecule has 2 amide bonds. The first-order chi connectivity index (χ1) is 21.2. The lowest BCUT2D eigenvalue weighted by molar-refractivity contribution is -0.127. The molecular formula is C32H28ClFN6O4. The van der Waals surface area contributed by atoms with Gasteiger partial charge in [0, 0.05) is 43.6 Å². The number of piperazine rings is 1. The van der Waals surface area contributed by atoms with E-state index in [0.717, 1.165) is 24.1 Å². The number of amides is 2. The number of anilines is 2. The number of nitrogens with zero attached hydrogens (tertiary/aromatic N) is 5. The number of pyridine rings is 3. The highest BCUT2D eigenvalue weighted by Gasteiger charge is 2.38. The first-order valence-corrected chi connectivity index (χ1v) is 14.8. The summed E-state index contributed by atoms with van der Waals surface area (Å²) in [6.45, 7) is 6.38. The van der Waals surface area contributed by atoms with Crippen LogP contribution in [0.3, 0.4) is 0 Å². The van der Waals surface area contributed by atoms with Crippen molar-refractivity contribution in [3.05, 3.63) is 81.6 Å². The second kappa shape index (κ2) is 10.4. The number of rotatable bonds is 4. The van der Waals surface area contributed by atoms with Crippen LogP contribution in [-0.2, 0) is 9.59 Å². The molecule has 0 unspecified atom stereocenters. The molecule has 3 aromatic heterocycles. The molecule has 5 heterocycles. The first kappa shape index (κ1) is 28.0. The van der Waals surface area contributed by atoms with Crippen molar-refractivity contribution in [1.82, 2.24) is 19.4 Å². The Morgan fingerprint density at radius 2 is 2.00 bits per heavy atom. The molecule has 3 aliphatic rings. The van der Waals surface area contributed by atoms with Gasteiger partial charge in [0.1, 0.15) is 17.3 Å².